The fourth-order valence-corrected chi connectivity index (χ4v) is 4.56. The van der Waals surface area contributed by atoms with Crippen molar-refractivity contribution in [3.63, 3.8) is 0 Å². The minimum atomic E-state index is -0.932. The number of hydrogen-bond acceptors (Lipinski definition) is 5. The largest absolute Gasteiger partial charge is 0.481 e. The standard InChI is InChI=1S/C32H33F2N3O4/c1-2-21-5-3-6-22(13-21)19-35-12-11-28(16-23-14-26(33)18-27(34)15-23)37-31(40)24-7-4-8-25(17-24)32-36-20-29(41-32)9-10-30(38)39/h3-8,13-15,17-18,20,28,35H,2,9-12,16,19H2,1H3,(H,37,40)(H,38,39)/t28-/m1/s1. The predicted octanol–water partition coefficient (Wildman–Crippen LogP) is 5.72. The van der Waals surface area contributed by atoms with Crippen molar-refractivity contribution in [3.8, 4) is 11.5 Å². The van der Waals surface area contributed by atoms with Gasteiger partial charge < -0.3 is 20.2 Å². The van der Waals surface area contributed by atoms with Crippen molar-refractivity contribution in [1.82, 2.24) is 15.6 Å². The number of carbonyl (C=O) groups is 2. The summed E-state index contributed by atoms with van der Waals surface area (Å²) in [6, 6.07) is 18.0. The van der Waals surface area contributed by atoms with Gasteiger partial charge in [0.15, 0.2) is 0 Å². The molecule has 0 aliphatic rings. The molecule has 9 heteroatoms. The van der Waals surface area contributed by atoms with E-state index >= 15 is 0 Å². The first-order chi connectivity index (χ1) is 19.8. The molecule has 0 bridgehead atoms. The second kappa shape index (κ2) is 14.3. The maximum Gasteiger partial charge on any atom is 0.303 e. The van der Waals surface area contributed by atoms with Gasteiger partial charge in [0.1, 0.15) is 17.4 Å². The molecule has 0 radical (unpaired) electrons. The Labute approximate surface area is 237 Å². The minimum Gasteiger partial charge on any atom is -0.481 e. The highest BCUT2D eigenvalue weighted by atomic mass is 19.1. The Morgan fingerprint density at radius 3 is 2.49 bits per heavy atom. The third-order valence-electron chi connectivity index (χ3n) is 6.65. The molecule has 41 heavy (non-hydrogen) atoms. The van der Waals surface area contributed by atoms with Crippen LogP contribution in [0, 0.1) is 11.6 Å². The van der Waals surface area contributed by atoms with Crippen molar-refractivity contribution in [2.75, 3.05) is 6.54 Å². The van der Waals surface area contributed by atoms with Crippen LogP contribution in [0.1, 0.15) is 52.6 Å². The van der Waals surface area contributed by atoms with Crippen LogP contribution in [0.5, 0.6) is 0 Å². The van der Waals surface area contributed by atoms with Gasteiger partial charge in [-0.05, 0) is 72.8 Å². The number of carbonyl (C=O) groups excluding carboxylic acids is 1. The highest BCUT2D eigenvalue weighted by Gasteiger charge is 2.17. The maximum absolute atomic E-state index is 13.9. The van der Waals surface area contributed by atoms with Crippen molar-refractivity contribution in [2.45, 2.75) is 51.6 Å². The lowest BCUT2D eigenvalue weighted by Crippen LogP contribution is -2.38. The molecule has 0 unspecified atom stereocenters. The Balaban J connectivity index is 1.43. The summed E-state index contributed by atoms with van der Waals surface area (Å²) in [6.45, 7) is 3.35. The number of carboxylic acids is 1. The van der Waals surface area contributed by atoms with Gasteiger partial charge in [0, 0.05) is 36.2 Å². The maximum atomic E-state index is 13.9. The van der Waals surface area contributed by atoms with E-state index in [1.807, 2.05) is 6.07 Å². The number of aromatic nitrogens is 1. The van der Waals surface area contributed by atoms with Crippen LogP contribution in [-0.2, 0) is 30.6 Å². The van der Waals surface area contributed by atoms with E-state index in [1.165, 1.54) is 23.9 Å². The second-order valence-corrected chi connectivity index (χ2v) is 9.90. The Hall–Kier alpha value is -4.37. The predicted molar refractivity (Wildman–Crippen MR) is 151 cm³/mol. The molecule has 1 atom stereocenters. The molecule has 7 nitrogen and oxygen atoms in total. The lowest BCUT2D eigenvalue weighted by atomic mass is 10.0. The highest BCUT2D eigenvalue weighted by Crippen LogP contribution is 2.21. The lowest BCUT2D eigenvalue weighted by Gasteiger charge is -2.20. The van der Waals surface area contributed by atoms with Crippen molar-refractivity contribution >= 4 is 11.9 Å². The van der Waals surface area contributed by atoms with Gasteiger partial charge in [0.05, 0.1) is 12.6 Å². The van der Waals surface area contributed by atoms with Gasteiger partial charge in [0.2, 0.25) is 5.89 Å². The Kier molecular flexibility index (Phi) is 10.3. The van der Waals surface area contributed by atoms with E-state index in [0.29, 0.717) is 42.0 Å². The van der Waals surface area contributed by atoms with E-state index in [-0.39, 0.29) is 31.1 Å². The van der Waals surface area contributed by atoms with Crippen LogP contribution in [0.2, 0.25) is 0 Å². The van der Waals surface area contributed by atoms with E-state index in [1.54, 1.807) is 24.3 Å². The van der Waals surface area contributed by atoms with Gasteiger partial charge in [-0.25, -0.2) is 13.8 Å². The topological polar surface area (TPSA) is 104 Å². The minimum absolute atomic E-state index is 0.0757. The van der Waals surface area contributed by atoms with E-state index in [0.717, 1.165) is 18.1 Å². The number of carboxylic acid groups (broad SMARTS) is 1. The second-order valence-electron chi connectivity index (χ2n) is 9.90. The van der Waals surface area contributed by atoms with Crippen molar-refractivity contribution in [1.29, 1.82) is 0 Å². The first-order valence-electron chi connectivity index (χ1n) is 13.6. The van der Waals surface area contributed by atoms with Gasteiger partial charge in [0.25, 0.3) is 5.91 Å². The van der Waals surface area contributed by atoms with Crippen LogP contribution in [0.4, 0.5) is 8.78 Å². The number of nitrogens with one attached hydrogen (secondary N) is 2. The number of benzene rings is 3. The molecule has 3 N–H and O–H groups in total. The fraction of sp³-hybridized carbons (Fsp3) is 0.281. The Morgan fingerprint density at radius 2 is 1.73 bits per heavy atom. The highest BCUT2D eigenvalue weighted by molar-refractivity contribution is 5.95. The SMILES string of the molecule is CCc1cccc(CNCC[C@H](Cc2cc(F)cc(F)c2)NC(=O)c2cccc(-c3ncc(CCC(=O)O)o3)c2)c1. The molecule has 1 aromatic heterocycles. The normalized spacial score (nSPS) is 11.8. The molecular formula is C32H33F2N3O4. The molecule has 0 aliphatic carbocycles. The zero-order valence-corrected chi connectivity index (χ0v) is 22.8. The van der Waals surface area contributed by atoms with E-state index in [4.69, 9.17) is 9.52 Å². The molecule has 0 aliphatic heterocycles. The number of amides is 1. The molecule has 0 saturated carbocycles. The van der Waals surface area contributed by atoms with E-state index < -0.39 is 23.6 Å². The smallest absolute Gasteiger partial charge is 0.303 e. The summed E-state index contributed by atoms with van der Waals surface area (Å²) in [4.78, 5) is 28.3. The molecule has 0 saturated heterocycles. The first kappa shape index (κ1) is 29.6. The number of hydrogen-bond donors (Lipinski definition) is 3. The van der Waals surface area contributed by atoms with E-state index in [9.17, 15) is 18.4 Å². The Morgan fingerprint density at radius 1 is 0.976 bits per heavy atom. The summed E-state index contributed by atoms with van der Waals surface area (Å²) in [5.74, 6) is -1.89. The number of rotatable bonds is 14. The van der Waals surface area contributed by atoms with Crippen LogP contribution >= 0.6 is 0 Å². The first-order valence-corrected chi connectivity index (χ1v) is 13.6. The third-order valence-corrected chi connectivity index (χ3v) is 6.65. The van der Waals surface area contributed by atoms with Gasteiger partial charge in [-0.15, -0.1) is 0 Å². The zero-order chi connectivity index (χ0) is 29.2. The average Bonchev–Trinajstić information content (AvgIpc) is 3.43. The summed E-state index contributed by atoms with van der Waals surface area (Å²) < 4.78 is 33.4. The van der Waals surface area contributed by atoms with Gasteiger partial charge in [-0.3, -0.25) is 9.59 Å². The summed E-state index contributed by atoms with van der Waals surface area (Å²) >= 11 is 0. The van der Waals surface area contributed by atoms with Crippen molar-refractivity contribution in [2.24, 2.45) is 0 Å². The number of oxazole rings is 1. The fourth-order valence-electron chi connectivity index (χ4n) is 4.56. The molecule has 0 fully saturated rings. The summed E-state index contributed by atoms with van der Waals surface area (Å²) in [6.07, 6.45) is 3.35. The molecular weight excluding hydrogens is 528 g/mol. The van der Waals surface area contributed by atoms with Gasteiger partial charge in [-0.2, -0.15) is 0 Å². The molecule has 3 aromatic carbocycles. The van der Waals surface area contributed by atoms with Crippen LogP contribution in [0.3, 0.4) is 0 Å². The van der Waals surface area contributed by atoms with E-state index in [2.05, 4.69) is 40.7 Å². The monoisotopic (exact) mass is 561 g/mol. The van der Waals surface area contributed by atoms with Crippen molar-refractivity contribution < 1.29 is 27.9 Å². The number of aryl methyl sites for hydroxylation is 2. The summed E-state index contributed by atoms with van der Waals surface area (Å²) in [7, 11) is 0. The molecule has 1 heterocycles. The molecule has 4 aromatic rings. The molecule has 0 spiro atoms. The molecule has 214 valence electrons. The van der Waals surface area contributed by atoms with Crippen LogP contribution in [0.25, 0.3) is 11.5 Å². The molecule has 1 amide bonds. The average molecular weight is 562 g/mol. The number of nitrogens with zero attached hydrogens (tertiary/aromatic N) is 1. The van der Waals surface area contributed by atoms with Gasteiger partial charge >= 0.3 is 5.97 Å². The number of aliphatic carboxylic acids is 1. The van der Waals surface area contributed by atoms with Crippen LogP contribution < -0.4 is 10.6 Å². The van der Waals surface area contributed by atoms with Gasteiger partial charge in [-0.1, -0.05) is 37.3 Å². The summed E-state index contributed by atoms with van der Waals surface area (Å²) in [5.41, 5.74) is 3.80. The lowest BCUT2D eigenvalue weighted by molar-refractivity contribution is -0.137. The quantitative estimate of drug-likeness (QED) is 0.170. The third kappa shape index (κ3) is 9.08. The molecule has 4 rings (SSSR count). The van der Waals surface area contributed by atoms with Crippen LogP contribution in [0.15, 0.2) is 77.3 Å². The van der Waals surface area contributed by atoms with Crippen molar-refractivity contribution in [3.05, 3.63) is 113 Å². The Bertz CT molecular complexity index is 1470. The zero-order valence-electron chi connectivity index (χ0n) is 22.8. The number of halogens is 2. The summed E-state index contributed by atoms with van der Waals surface area (Å²) in [5, 5.41) is 15.3. The van der Waals surface area contributed by atoms with Crippen LogP contribution in [-0.4, -0.2) is 34.6 Å².